The number of carbonyl (C=O) groups is 1. The Hall–Kier alpha value is -3.84. The number of benzene rings is 3. The summed E-state index contributed by atoms with van der Waals surface area (Å²) in [6.45, 7) is 2.02. The number of rotatable bonds is 6. The summed E-state index contributed by atoms with van der Waals surface area (Å²) < 4.78 is 7.80. The molecule has 0 aliphatic carbocycles. The van der Waals surface area contributed by atoms with Gasteiger partial charge in [0.15, 0.2) is 10.8 Å². The second-order valence-electron chi connectivity index (χ2n) is 7.30. The van der Waals surface area contributed by atoms with Crippen LogP contribution in [0, 0.1) is 6.92 Å². The van der Waals surface area contributed by atoms with Gasteiger partial charge < -0.3 is 10.1 Å². The predicted molar refractivity (Wildman–Crippen MR) is 128 cm³/mol. The van der Waals surface area contributed by atoms with Gasteiger partial charge in [-0.3, -0.25) is 9.20 Å². The number of pyridine rings is 1. The van der Waals surface area contributed by atoms with Crippen molar-refractivity contribution >= 4 is 39.9 Å². The molecule has 2 aromatic heterocycles. The highest BCUT2D eigenvalue weighted by atomic mass is 32.2. The van der Waals surface area contributed by atoms with Gasteiger partial charge in [0.05, 0.1) is 11.3 Å². The largest absolute Gasteiger partial charge is 0.457 e. The third-order valence-corrected chi connectivity index (χ3v) is 5.91. The van der Waals surface area contributed by atoms with Crippen LogP contribution in [0.15, 0.2) is 90.1 Å². The second kappa shape index (κ2) is 8.72. The first-order valence-corrected chi connectivity index (χ1v) is 11.1. The first-order chi connectivity index (χ1) is 15.7. The van der Waals surface area contributed by atoms with Crippen LogP contribution in [-0.4, -0.2) is 26.3 Å². The molecule has 7 heteroatoms. The van der Waals surface area contributed by atoms with Gasteiger partial charge in [0, 0.05) is 5.69 Å². The molecule has 0 spiro atoms. The van der Waals surface area contributed by atoms with E-state index in [0.29, 0.717) is 16.6 Å². The van der Waals surface area contributed by atoms with Gasteiger partial charge in [0.2, 0.25) is 5.91 Å². The highest BCUT2D eigenvalue weighted by molar-refractivity contribution is 7.99. The molecule has 2 heterocycles. The normalized spacial score (nSPS) is 11.0. The number of hydrogen-bond acceptors (Lipinski definition) is 5. The summed E-state index contributed by atoms with van der Waals surface area (Å²) in [5, 5.41) is 13.4. The van der Waals surface area contributed by atoms with Crippen molar-refractivity contribution in [1.82, 2.24) is 14.6 Å². The number of carbonyl (C=O) groups excluding carboxylic acids is 1. The number of hydrogen-bond donors (Lipinski definition) is 1. The van der Waals surface area contributed by atoms with Crippen LogP contribution in [0.3, 0.4) is 0 Å². The standard InChI is InChI=1S/C25H20N4O2S/c1-17-15-18-7-5-6-10-22(18)29-24(17)27-28-25(29)32-16-23(30)26-19-11-13-21(14-12-19)31-20-8-3-2-4-9-20/h2-15H,16H2,1H3,(H,26,30). The van der Waals surface area contributed by atoms with Crippen LogP contribution < -0.4 is 10.1 Å². The number of fused-ring (bicyclic) bond motifs is 3. The average Bonchev–Trinajstić information content (AvgIpc) is 3.25. The van der Waals surface area contributed by atoms with E-state index in [1.54, 1.807) is 0 Å². The van der Waals surface area contributed by atoms with Crippen LogP contribution in [0.1, 0.15) is 5.56 Å². The molecule has 5 rings (SSSR count). The molecule has 6 nitrogen and oxygen atoms in total. The maximum Gasteiger partial charge on any atom is 0.234 e. The van der Waals surface area contributed by atoms with E-state index in [1.165, 1.54) is 11.8 Å². The highest BCUT2D eigenvalue weighted by Gasteiger charge is 2.14. The lowest BCUT2D eigenvalue weighted by Crippen LogP contribution is -2.14. The van der Waals surface area contributed by atoms with Crippen LogP contribution >= 0.6 is 11.8 Å². The van der Waals surface area contributed by atoms with Gasteiger partial charge in [-0.25, -0.2) is 0 Å². The minimum absolute atomic E-state index is 0.111. The van der Waals surface area contributed by atoms with Crippen molar-refractivity contribution in [3.8, 4) is 11.5 Å². The molecule has 0 bridgehead atoms. The predicted octanol–water partition coefficient (Wildman–Crippen LogP) is 5.71. The van der Waals surface area contributed by atoms with Crippen molar-refractivity contribution in [1.29, 1.82) is 0 Å². The molecule has 0 fully saturated rings. The zero-order chi connectivity index (χ0) is 21.9. The number of para-hydroxylation sites is 2. The van der Waals surface area contributed by atoms with Crippen molar-refractivity contribution in [2.45, 2.75) is 12.1 Å². The van der Waals surface area contributed by atoms with Gasteiger partial charge in [-0.15, -0.1) is 10.2 Å². The van der Waals surface area contributed by atoms with Gasteiger partial charge >= 0.3 is 0 Å². The zero-order valence-electron chi connectivity index (χ0n) is 17.4. The van der Waals surface area contributed by atoms with Crippen LogP contribution in [0.2, 0.25) is 0 Å². The Morgan fingerprint density at radius 2 is 1.66 bits per heavy atom. The highest BCUT2D eigenvalue weighted by Crippen LogP contribution is 2.26. The summed E-state index contributed by atoms with van der Waals surface area (Å²) in [5.74, 6) is 1.59. The summed E-state index contributed by atoms with van der Waals surface area (Å²) in [4.78, 5) is 12.5. The Morgan fingerprint density at radius 1 is 0.938 bits per heavy atom. The molecular weight excluding hydrogens is 420 g/mol. The Labute approximate surface area is 189 Å². The number of anilines is 1. The molecule has 0 radical (unpaired) electrons. The number of aryl methyl sites for hydroxylation is 1. The van der Waals surface area contributed by atoms with E-state index in [2.05, 4.69) is 27.6 Å². The molecule has 0 saturated heterocycles. The van der Waals surface area contributed by atoms with Crippen molar-refractivity contribution in [2.24, 2.45) is 0 Å². The third kappa shape index (κ3) is 4.15. The molecule has 1 amide bonds. The Balaban J connectivity index is 1.26. The van der Waals surface area contributed by atoms with Crippen molar-refractivity contribution in [3.05, 3.63) is 90.5 Å². The van der Waals surface area contributed by atoms with E-state index in [9.17, 15) is 4.79 Å². The van der Waals surface area contributed by atoms with Gasteiger partial charge in [-0.05, 0) is 66.4 Å². The minimum atomic E-state index is -0.111. The molecule has 0 saturated carbocycles. The van der Waals surface area contributed by atoms with Crippen LogP contribution in [0.25, 0.3) is 16.6 Å². The summed E-state index contributed by atoms with van der Waals surface area (Å²) in [5.41, 5.74) is 3.59. The molecule has 1 N–H and O–H groups in total. The van der Waals surface area contributed by atoms with Crippen LogP contribution in [-0.2, 0) is 4.79 Å². The van der Waals surface area contributed by atoms with E-state index in [1.807, 2.05) is 84.1 Å². The van der Waals surface area contributed by atoms with Crippen molar-refractivity contribution < 1.29 is 9.53 Å². The maximum atomic E-state index is 12.5. The van der Waals surface area contributed by atoms with Crippen molar-refractivity contribution in [3.63, 3.8) is 0 Å². The Morgan fingerprint density at radius 3 is 2.47 bits per heavy atom. The molecule has 158 valence electrons. The molecule has 5 aromatic rings. The molecule has 32 heavy (non-hydrogen) atoms. The molecule has 0 unspecified atom stereocenters. The summed E-state index contributed by atoms with van der Waals surface area (Å²) in [6.07, 6.45) is 0. The van der Waals surface area contributed by atoms with E-state index in [4.69, 9.17) is 4.74 Å². The van der Waals surface area contributed by atoms with E-state index in [-0.39, 0.29) is 11.7 Å². The van der Waals surface area contributed by atoms with Gasteiger partial charge in [-0.2, -0.15) is 0 Å². The lowest BCUT2D eigenvalue weighted by Gasteiger charge is -2.08. The number of amides is 1. The topological polar surface area (TPSA) is 68.5 Å². The lowest BCUT2D eigenvalue weighted by atomic mass is 10.1. The molecule has 0 atom stereocenters. The molecule has 0 aliphatic heterocycles. The van der Waals surface area contributed by atoms with Gasteiger partial charge in [0.25, 0.3) is 0 Å². The van der Waals surface area contributed by atoms with E-state index in [0.717, 1.165) is 27.9 Å². The fraction of sp³-hybridized carbons (Fsp3) is 0.0800. The Kier molecular flexibility index (Phi) is 5.47. The second-order valence-corrected chi connectivity index (χ2v) is 8.25. The first kappa shape index (κ1) is 20.1. The first-order valence-electron chi connectivity index (χ1n) is 10.2. The molecular formula is C25H20N4O2S. The van der Waals surface area contributed by atoms with Crippen LogP contribution in [0.5, 0.6) is 11.5 Å². The third-order valence-electron chi connectivity index (χ3n) is 4.99. The lowest BCUT2D eigenvalue weighted by molar-refractivity contribution is -0.113. The number of thioether (sulfide) groups is 1. The maximum absolute atomic E-state index is 12.5. The van der Waals surface area contributed by atoms with Gasteiger partial charge in [0.1, 0.15) is 11.5 Å². The number of nitrogens with zero attached hydrogens (tertiary/aromatic N) is 3. The fourth-order valence-electron chi connectivity index (χ4n) is 3.51. The van der Waals surface area contributed by atoms with Gasteiger partial charge in [-0.1, -0.05) is 48.2 Å². The van der Waals surface area contributed by atoms with Crippen LogP contribution in [0.4, 0.5) is 5.69 Å². The number of aromatic nitrogens is 3. The summed E-state index contributed by atoms with van der Waals surface area (Å²) in [7, 11) is 0. The zero-order valence-corrected chi connectivity index (χ0v) is 18.2. The van der Waals surface area contributed by atoms with E-state index < -0.39 is 0 Å². The smallest absolute Gasteiger partial charge is 0.234 e. The SMILES string of the molecule is Cc1cc2ccccc2n2c(SCC(=O)Nc3ccc(Oc4ccccc4)cc3)nnc12. The number of nitrogens with one attached hydrogen (secondary N) is 1. The summed E-state index contributed by atoms with van der Waals surface area (Å²) >= 11 is 1.37. The average molecular weight is 441 g/mol. The molecule has 3 aromatic carbocycles. The quantitative estimate of drug-likeness (QED) is 0.342. The van der Waals surface area contributed by atoms with Crippen molar-refractivity contribution in [2.75, 3.05) is 11.1 Å². The number of ether oxygens (including phenoxy) is 1. The Bertz CT molecular complexity index is 1400. The minimum Gasteiger partial charge on any atom is -0.457 e. The molecule has 0 aliphatic rings. The fourth-order valence-corrected chi connectivity index (χ4v) is 4.25. The monoisotopic (exact) mass is 440 g/mol. The van der Waals surface area contributed by atoms with E-state index >= 15 is 0 Å². The summed E-state index contributed by atoms with van der Waals surface area (Å²) in [6, 6.07) is 27.1.